The molecular formula is C20H25N3O2. The van der Waals surface area contributed by atoms with E-state index in [1.165, 1.54) is 0 Å². The molecule has 0 bridgehead atoms. The maximum absolute atomic E-state index is 12.0. The Kier molecular flexibility index (Phi) is 5.80. The van der Waals surface area contributed by atoms with Crippen molar-refractivity contribution in [1.82, 2.24) is 0 Å². The summed E-state index contributed by atoms with van der Waals surface area (Å²) >= 11 is 0. The van der Waals surface area contributed by atoms with Gasteiger partial charge in [0.2, 0.25) is 11.8 Å². The molecular weight excluding hydrogens is 314 g/mol. The lowest BCUT2D eigenvalue weighted by Crippen LogP contribution is -2.27. The quantitative estimate of drug-likeness (QED) is 0.770. The molecule has 2 amide bonds. The minimum atomic E-state index is -0.461. The summed E-state index contributed by atoms with van der Waals surface area (Å²) in [5.41, 5.74) is 2.87. The second kappa shape index (κ2) is 7.83. The molecule has 0 aliphatic rings. The van der Waals surface area contributed by atoms with Crippen LogP contribution in [-0.4, -0.2) is 18.4 Å². The molecule has 0 aliphatic heterocycles. The molecule has 2 rings (SSSR count). The van der Waals surface area contributed by atoms with E-state index in [0.29, 0.717) is 5.69 Å². The number of hydrogen-bond donors (Lipinski definition) is 3. The van der Waals surface area contributed by atoms with Crippen molar-refractivity contribution in [3.05, 3.63) is 54.1 Å². The topological polar surface area (TPSA) is 70.2 Å². The highest BCUT2D eigenvalue weighted by molar-refractivity contribution is 5.95. The Balaban J connectivity index is 1.91. The summed E-state index contributed by atoms with van der Waals surface area (Å²) < 4.78 is 0. The summed E-state index contributed by atoms with van der Waals surface area (Å²) in [4.78, 5) is 24.1. The van der Waals surface area contributed by atoms with Gasteiger partial charge in [-0.1, -0.05) is 39.0 Å². The van der Waals surface area contributed by atoms with E-state index in [-0.39, 0.29) is 18.4 Å². The molecule has 25 heavy (non-hydrogen) atoms. The summed E-state index contributed by atoms with van der Waals surface area (Å²) in [6, 6.07) is 15.0. The summed E-state index contributed by atoms with van der Waals surface area (Å²) in [7, 11) is 0. The standard InChI is InChI=1S/C20H25N3O2/c1-14-7-5-9-16(11-14)22-18(24)13-21-15-8-6-10-17(12-15)23-19(25)20(2,3)4/h5-12,21H,13H2,1-4H3,(H,22,24)(H,23,25). The van der Waals surface area contributed by atoms with E-state index in [1.54, 1.807) is 0 Å². The first-order chi connectivity index (χ1) is 11.7. The molecule has 0 unspecified atom stereocenters. The predicted molar refractivity (Wildman–Crippen MR) is 103 cm³/mol. The molecule has 0 saturated heterocycles. The SMILES string of the molecule is Cc1cccc(NC(=O)CNc2cccc(NC(=O)C(C)(C)C)c2)c1. The van der Waals surface area contributed by atoms with Crippen molar-refractivity contribution in [1.29, 1.82) is 0 Å². The third-order valence-corrected chi connectivity index (χ3v) is 3.56. The van der Waals surface area contributed by atoms with Crippen LogP contribution in [0.25, 0.3) is 0 Å². The van der Waals surface area contributed by atoms with Crippen LogP contribution in [0, 0.1) is 12.3 Å². The maximum atomic E-state index is 12.0. The van der Waals surface area contributed by atoms with Crippen LogP contribution in [0.2, 0.25) is 0 Å². The molecule has 0 spiro atoms. The number of aryl methyl sites for hydroxylation is 1. The molecule has 2 aromatic rings. The Hall–Kier alpha value is -2.82. The van der Waals surface area contributed by atoms with Gasteiger partial charge in [-0.15, -0.1) is 0 Å². The van der Waals surface area contributed by atoms with Gasteiger partial charge in [-0.05, 0) is 42.8 Å². The molecule has 0 fully saturated rings. The van der Waals surface area contributed by atoms with Crippen molar-refractivity contribution >= 4 is 28.9 Å². The summed E-state index contributed by atoms with van der Waals surface area (Å²) in [6.45, 7) is 7.70. The number of anilines is 3. The van der Waals surface area contributed by atoms with Crippen molar-refractivity contribution < 1.29 is 9.59 Å². The van der Waals surface area contributed by atoms with Crippen molar-refractivity contribution in [3.63, 3.8) is 0 Å². The zero-order valence-corrected chi connectivity index (χ0v) is 15.1. The van der Waals surface area contributed by atoms with Gasteiger partial charge in [0.15, 0.2) is 0 Å². The summed E-state index contributed by atoms with van der Waals surface area (Å²) in [5, 5.41) is 8.79. The van der Waals surface area contributed by atoms with Gasteiger partial charge in [0.25, 0.3) is 0 Å². The minimum absolute atomic E-state index is 0.0539. The lowest BCUT2D eigenvalue weighted by molar-refractivity contribution is -0.123. The first-order valence-corrected chi connectivity index (χ1v) is 8.26. The molecule has 0 aliphatic carbocycles. The van der Waals surface area contributed by atoms with Crippen molar-refractivity contribution in [2.75, 3.05) is 22.5 Å². The van der Waals surface area contributed by atoms with Gasteiger partial charge in [0.1, 0.15) is 0 Å². The van der Waals surface area contributed by atoms with Crippen LogP contribution in [0.3, 0.4) is 0 Å². The first-order valence-electron chi connectivity index (χ1n) is 8.26. The summed E-state index contributed by atoms with van der Waals surface area (Å²) in [5.74, 6) is -0.184. The Morgan fingerprint density at radius 3 is 2.12 bits per heavy atom. The van der Waals surface area contributed by atoms with Gasteiger partial charge in [0, 0.05) is 22.5 Å². The number of nitrogens with one attached hydrogen (secondary N) is 3. The summed E-state index contributed by atoms with van der Waals surface area (Å²) in [6.07, 6.45) is 0. The van der Waals surface area contributed by atoms with Gasteiger partial charge in [-0.25, -0.2) is 0 Å². The van der Waals surface area contributed by atoms with Gasteiger partial charge in [0.05, 0.1) is 6.54 Å². The zero-order chi connectivity index (χ0) is 18.4. The molecule has 2 aromatic carbocycles. The highest BCUT2D eigenvalue weighted by atomic mass is 16.2. The fourth-order valence-corrected chi connectivity index (χ4v) is 2.14. The average molecular weight is 339 g/mol. The van der Waals surface area contributed by atoms with Gasteiger partial charge in [-0.3, -0.25) is 9.59 Å². The van der Waals surface area contributed by atoms with Crippen molar-refractivity contribution in [3.8, 4) is 0 Å². The molecule has 5 heteroatoms. The van der Waals surface area contributed by atoms with Crippen molar-refractivity contribution in [2.24, 2.45) is 5.41 Å². The lowest BCUT2D eigenvalue weighted by Gasteiger charge is -2.18. The molecule has 0 aromatic heterocycles. The smallest absolute Gasteiger partial charge is 0.243 e. The van der Waals surface area contributed by atoms with Crippen LogP contribution in [0.1, 0.15) is 26.3 Å². The van der Waals surface area contributed by atoms with Crippen LogP contribution < -0.4 is 16.0 Å². The highest BCUT2D eigenvalue weighted by Crippen LogP contribution is 2.20. The second-order valence-corrected chi connectivity index (χ2v) is 7.06. The fourth-order valence-electron chi connectivity index (χ4n) is 2.14. The Labute approximate surface area is 148 Å². The molecule has 0 atom stereocenters. The number of rotatable bonds is 5. The van der Waals surface area contributed by atoms with E-state index >= 15 is 0 Å². The van der Waals surface area contributed by atoms with E-state index in [9.17, 15) is 9.59 Å². The van der Waals surface area contributed by atoms with Gasteiger partial charge < -0.3 is 16.0 Å². The maximum Gasteiger partial charge on any atom is 0.243 e. The number of benzene rings is 2. The zero-order valence-electron chi connectivity index (χ0n) is 15.1. The molecule has 132 valence electrons. The molecule has 0 heterocycles. The Morgan fingerprint density at radius 1 is 0.880 bits per heavy atom. The molecule has 3 N–H and O–H groups in total. The second-order valence-electron chi connectivity index (χ2n) is 7.06. The van der Waals surface area contributed by atoms with Crippen LogP contribution in [0.5, 0.6) is 0 Å². The number of hydrogen-bond acceptors (Lipinski definition) is 3. The number of carbonyl (C=O) groups is 2. The first kappa shape index (κ1) is 18.5. The van der Waals surface area contributed by atoms with Crippen LogP contribution in [0.4, 0.5) is 17.1 Å². The van der Waals surface area contributed by atoms with Gasteiger partial charge >= 0.3 is 0 Å². The van der Waals surface area contributed by atoms with Crippen LogP contribution >= 0.6 is 0 Å². The molecule has 0 saturated carbocycles. The number of amides is 2. The lowest BCUT2D eigenvalue weighted by atomic mass is 9.95. The van der Waals surface area contributed by atoms with E-state index in [2.05, 4.69) is 16.0 Å². The predicted octanol–water partition coefficient (Wildman–Crippen LogP) is 4.03. The van der Waals surface area contributed by atoms with Gasteiger partial charge in [-0.2, -0.15) is 0 Å². The van der Waals surface area contributed by atoms with Crippen LogP contribution in [-0.2, 0) is 9.59 Å². The average Bonchev–Trinajstić information content (AvgIpc) is 2.52. The van der Waals surface area contributed by atoms with Crippen LogP contribution in [0.15, 0.2) is 48.5 Å². The largest absolute Gasteiger partial charge is 0.376 e. The van der Waals surface area contributed by atoms with E-state index in [0.717, 1.165) is 16.9 Å². The highest BCUT2D eigenvalue weighted by Gasteiger charge is 2.21. The van der Waals surface area contributed by atoms with E-state index in [1.807, 2.05) is 76.2 Å². The van der Waals surface area contributed by atoms with E-state index < -0.39 is 5.41 Å². The monoisotopic (exact) mass is 339 g/mol. The minimum Gasteiger partial charge on any atom is -0.376 e. The normalized spacial score (nSPS) is 10.9. The molecule has 0 radical (unpaired) electrons. The molecule has 5 nitrogen and oxygen atoms in total. The third-order valence-electron chi connectivity index (χ3n) is 3.56. The number of carbonyl (C=O) groups excluding carboxylic acids is 2. The van der Waals surface area contributed by atoms with Crippen molar-refractivity contribution in [2.45, 2.75) is 27.7 Å². The fraction of sp³-hybridized carbons (Fsp3) is 0.300. The Bertz CT molecular complexity index is 764. The van der Waals surface area contributed by atoms with E-state index in [4.69, 9.17) is 0 Å². The third kappa shape index (κ3) is 5.95. The Morgan fingerprint density at radius 2 is 1.48 bits per heavy atom.